The number of phenolic OH excluding ortho intramolecular Hbond substituents is 1. The number of phenols is 1. The molecule has 0 aromatic heterocycles. The molecule has 0 aliphatic heterocycles. The van der Waals surface area contributed by atoms with E-state index in [1.807, 2.05) is 31.2 Å². The molecule has 0 saturated heterocycles. The molecule has 4 heteroatoms. The van der Waals surface area contributed by atoms with Crippen LogP contribution in [0.1, 0.15) is 11.1 Å². The molecular formula is C15H16ClNO2. The van der Waals surface area contributed by atoms with E-state index in [4.69, 9.17) is 16.3 Å². The summed E-state index contributed by atoms with van der Waals surface area (Å²) >= 11 is 6.07. The van der Waals surface area contributed by atoms with Crippen molar-refractivity contribution in [3.05, 3.63) is 52.5 Å². The van der Waals surface area contributed by atoms with Crippen LogP contribution in [0.5, 0.6) is 11.5 Å². The lowest BCUT2D eigenvalue weighted by Crippen LogP contribution is -2.02. The lowest BCUT2D eigenvalue weighted by atomic mass is 10.1. The van der Waals surface area contributed by atoms with Gasteiger partial charge >= 0.3 is 0 Å². The maximum Gasteiger partial charge on any atom is 0.120 e. The molecule has 2 N–H and O–H groups in total. The van der Waals surface area contributed by atoms with Crippen LogP contribution in [-0.4, -0.2) is 12.2 Å². The van der Waals surface area contributed by atoms with Gasteiger partial charge in [0.05, 0.1) is 7.11 Å². The van der Waals surface area contributed by atoms with Crippen LogP contribution in [0.2, 0.25) is 5.02 Å². The lowest BCUT2D eigenvalue weighted by Gasteiger charge is -2.12. The average Bonchev–Trinajstić information content (AvgIpc) is 2.42. The van der Waals surface area contributed by atoms with Gasteiger partial charge in [-0.25, -0.2) is 0 Å². The van der Waals surface area contributed by atoms with Gasteiger partial charge in [0, 0.05) is 22.8 Å². The normalized spacial score (nSPS) is 10.3. The van der Waals surface area contributed by atoms with Crippen LogP contribution >= 0.6 is 11.6 Å². The standard InChI is InChI=1S/C15H16ClNO2/c1-10-13(16)4-3-5-14(10)17-9-11-8-12(19-2)6-7-15(11)18/h3-8,17-18H,9H2,1-2H3. The molecular weight excluding hydrogens is 262 g/mol. The Hall–Kier alpha value is -1.87. The maximum absolute atomic E-state index is 9.81. The van der Waals surface area contributed by atoms with E-state index in [2.05, 4.69) is 5.32 Å². The Bertz CT molecular complexity index is 584. The predicted molar refractivity (Wildman–Crippen MR) is 78.2 cm³/mol. The van der Waals surface area contributed by atoms with Crippen LogP contribution < -0.4 is 10.1 Å². The van der Waals surface area contributed by atoms with E-state index < -0.39 is 0 Å². The monoisotopic (exact) mass is 277 g/mol. The number of methoxy groups -OCH3 is 1. The fourth-order valence-electron chi connectivity index (χ4n) is 1.82. The molecule has 0 saturated carbocycles. The minimum Gasteiger partial charge on any atom is -0.508 e. The quantitative estimate of drug-likeness (QED) is 0.888. The molecule has 0 spiro atoms. The van der Waals surface area contributed by atoms with Gasteiger partial charge in [0.1, 0.15) is 11.5 Å². The predicted octanol–water partition coefficient (Wildman–Crippen LogP) is 3.97. The molecule has 0 aliphatic rings. The molecule has 2 rings (SSSR count). The second kappa shape index (κ2) is 5.85. The Kier molecular flexibility index (Phi) is 4.17. The third-order valence-corrected chi connectivity index (χ3v) is 3.43. The summed E-state index contributed by atoms with van der Waals surface area (Å²) in [4.78, 5) is 0. The van der Waals surface area contributed by atoms with Crippen molar-refractivity contribution in [2.75, 3.05) is 12.4 Å². The number of aromatic hydroxyl groups is 1. The average molecular weight is 278 g/mol. The highest BCUT2D eigenvalue weighted by molar-refractivity contribution is 6.31. The Morgan fingerprint density at radius 3 is 2.79 bits per heavy atom. The maximum atomic E-state index is 9.81. The minimum absolute atomic E-state index is 0.244. The van der Waals surface area contributed by atoms with E-state index in [1.165, 1.54) is 0 Å². The highest BCUT2D eigenvalue weighted by atomic mass is 35.5. The molecule has 0 heterocycles. The van der Waals surface area contributed by atoms with Crippen LogP contribution in [0.3, 0.4) is 0 Å². The zero-order valence-corrected chi connectivity index (χ0v) is 11.7. The largest absolute Gasteiger partial charge is 0.508 e. The molecule has 2 aromatic rings. The molecule has 0 radical (unpaired) electrons. The molecule has 0 bridgehead atoms. The van der Waals surface area contributed by atoms with Crippen LogP contribution in [0.4, 0.5) is 5.69 Å². The van der Waals surface area contributed by atoms with E-state index in [0.717, 1.165) is 27.6 Å². The van der Waals surface area contributed by atoms with Crippen molar-refractivity contribution in [2.24, 2.45) is 0 Å². The van der Waals surface area contributed by atoms with Crippen molar-refractivity contribution in [2.45, 2.75) is 13.5 Å². The second-order valence-corrected chi connectivity index (χ2v) is 4.67. The van der Waals surface area contributed by atoms with E-state index in [9.17, 15) is 5.11 Å². The van der Waals surface area contributed by atoms with Crippen molar-refractivity contribution in [3.8, 4) is 11.5 Å². The number of hydrogen-bond donors (Lipinski definition) is 2. The first-order chi connectivity index (χ1) is 9.11. The fraction of sp³-hybridized carbons (Fsp3) is 0.200. The Labute approximate surface area is 117 Å². The first kappa shape index (κ1) is 13.6. The van der Waals surface area contributed by atoms with Gasteiger partial charge in [-0.15, -0.1) is 0 Å². The summed E-state index contributed by atoms with van der Waals surface area (Å²) < 4.78 is 5.14. The number of benzene rings is 2. The SMILES string of the molecule is COc1ccc(O)c(CNc2cccc(Cl)c2C)c1. The number of hydrogen-bond acceptors (Lipinski definition) is 3. The van der Waals surface area contributed by atoms with E-state index in [0.29, 0.717) is 6.54 Å². The molecule has 3 nitrogen and oxygen atoms in total. The van der Waals surface area contributed by atoms with Crippen LogP contribution in [-0.2, 0) is 6.54 Å². The van der Waals surface area contributed by atoms with Gasteiger partial charge in [0.2, 0.25) is 0 Å². The van der Waals surface area contributed by atoms with Gasteiger partial charge in [-0.3, -0.25) is 0 Å². The van der Waals surface area contributed by atoms with Crippen molar-refractivity contribution >= 4 is 17.3 Å². The first-order valence-corrected chi connectivity index (χ1v) is 6.34. The molecule has 0 fully saturated rings. The van der Waals surface area contributed by atoms with E-state index in [-0.39, 0.29) is 5.75 Å². The van der Waals surface area contributed by atoms with Crippen LogP contribution in [0, 0.1) is 6.92 Å². The van der Waals surface area contributed by atoms with Crippen molar-refractivity contribution in [1.82, 2.24) is 0 Å². The van der Waals surface area contributed by atoms with Gasteiger partial charge in [0.25, 0.3) is 0 Å². The summed E-state index contributed by atoms with van der Waals surface area (Å²) in [7, 11) is 1.60. The Morgan fingerprint density at radius 2 is 2.05 bits per heavy atom. The number of halogens is 1. The number of ether oxygens (including phenoxy) is 1. The van der Waals surface area contributed by atoms with E-state index >= 15 is 0 Å². The fourth-order valence-corrected chi connectivity index (χ4v) is 1.99. The van der Waals surface area contributed by atoms with Gasteiger partial charge in [0.15, 0.2) is 0 Å². The summed E-state index contributed by atoms with van der Waals surface area (Å²) in [6.07, 6.45) is 0. The summed E-state index contributed by atoms with van der Waals surface area (Å²) in [5.41, 5.74) is 2.72. The smallest absolute Gasteiger partial charge is 0.120 e. The molecule has 100 valence electrons. The Balaban J connectivity index is 2.16. The topological polar surface area (TPSA) is 41.5 Å². The van der Waals surface area contributed by atoms with Crippen LogP contribution in [0.25, 0.3) is 0 Å². The molecule has 2 aromatic carbocycles. The summed E-state index contributed by atoms with van der Waals surface area (Å²) in [6, 6.07) is 10.9. The summed E-state index contributed by atoms with van der Waals surface area (Å²) in [5.74, 6) is 0.963. The molecule has 0 atom stereocenters. The third kappa shape index (κ3) is 3.12. The second-order valence-electron chi connectivity index (χ2n) is 4.26. The number of anilines is 1. The van der Waals surface area contributed by atoms with Gasteiger partial charge in [-0.2, -0.15) is 0 Å². The first-order valence-electron chi connectivity index (χ1n) is 5.96. The summed E-state index contributed by atoms with van der Waals surface area (Å²) in [6.45, 7) is 2.46. The molecule has 19 heavy (non-hydrogen) atoms. The highest BCUT2D eigenvalue weighted by Gasteiger charge is 2.05. The molecule has 0 amide bonds. The van der Waals surface area contributed by atoms with Gasteiger partial charge in [-0.1, -0.05) is 17.7 Å². The lowest BCUT2D eigenvalue weighted by molar-refractivity contribution is 0.411. The number of nitrogens with one attached hydrogen (secondary N) is 1. The molecule has 0 unspecified atom stereocenters. The van der Waals surface area contributed by atoms with Gasteiger partial charge in [-0.05, 0) is 42.8 Å². The van der Waals surface area contributed by atoms with Crippen LogP contribution in [0.15, 0.2) is 36.4 Å². The van der Waals surface area contributed by atoms with Crippen molar-refractivity contribution < 1.29 is 9.84 Å². The zero-order valence-electron chi connectivity index (χ0n) is 10.9. The minimum atomic E-state index is 0.244. The number of rotatable bonds is 4. The van der Waals surface area contributed by atoms with E-state index in [1.54, 1.807) is 19.2 Å². The third-order valence-electron chi connectivity index (χ3n) is 3.02. The molecule has 0 aliphatic carbocycles. The van der Waals surface area contributed by atoms with Crippen molar-refractivity contribution in [3.63, 3.8) is 0 Å². The van der Waals surface area contributed by atoms with Crippen molar-refractivity contribution in [1.29, 1.82) is 0 Å². The van der Waals surface area contributed by atoms with Gasteiger partial charge < -0.3 is 15.2 Å². The zero-order chi connectivity index (χ0) is 13.8. The Morgan fingerprint density at radius 1 is 1.26 bits per heavy atom. The highest BCUT2D eigenvalue weighted by Crippen LogP contribution is 2.26. The summed E-state index contributed by atoms with van der Waals surface area (Å²) in [5, 5.41) is 13.8.